The van der Waals surface area contributed by atoms with Gasteiger partial charge in [-0.1, -0.05) is 35.9 Å². The average molecular weight is 409 g/mol. The summed E-state index contributed by atoms with van der Waals surface area (Å²) in [6, 6.07) is 12.3. The number of hydrogen-bond acceptors (Lipinski definition) is 3. The highest BCUT2D eigenvalue weighted by molar-refractivity contribution is 7.89. The highest BCUT2D eigenvalue weighted by Gasteiger charge is 2.36. The van der Waals surface area contributed by atoms with Crippen LogP contribution in [0.15, 0.2) is 47.4 Å². The number of nitrogens with zero attached hydrogens (tertiary/aromatic N) is 2. The van der Waals surface area contributed by atoms with E-state index in [1.54, 1.807) is 31.2 Å². The van der Waals surface area contributed by atoms with Crippen LogP contribution in [0.25, 0.3) is 11.1 Å². The van der Waals surface area contributed by atoms with Crippen molar-refractivity contribution < 1.29 is 18.3 Å². The Kier molecular flexibility index (Phi) is 5.46. The molecule has 27 heavy (non-hydrogen) atoms. The fourth-order valence-corrected chi connectivity index (χ4v) is 5.13. The summed E-state index contributed by atoms with van der Waals surface area (Å²) in [6.45, 7) is 2.25. The molecule has 0 saturated carbocycles. The van der Waals surface area contributed by atoms with E-state index in [0.29, 0.717) is 23.6 Å². The molecule has 2 aromatic carbocycles. The molecule has 6 nitrogen and oxygen atoms in total. The fraction of sp³-hybridized carbons (Fsp3) is 0.316. The molecule has 0 aliphatic carbocycles. The number of carbonyl (C=O) groups is 1. The van der Waals surface area contributed by atoms with E-state index in [0.717, 1.165) is 11.1 Å². The lowest BCUT2D eigenvalue weighted by molar-refractivity contribution is 0.140. The highest BCUT2D eigenvalue weighted by Crippen LogP contribution is 2.29. The van der Waals surface area contributed by atoms with E-state index in [9.17, 15) is 13.2 Å². The molecule has 0 aromatic heterocycles. The predicted octanol–water partition coefficient (Wildman–Crippen LogP) is 3.69. The molecule has 3 rings (SSSR count). The quantitative estimate of drug-likeness (QED) is 0.836. The van der Waals surface area contributed by atoms with Crippen LogP contribution in [0, 0.1) is 6.92 Å². The molecule has 1 saturated heterocycles. The van der Waals surface area contributed by atoms with Crippen LogP contribution in [0.2, 0.25) is 5.02 Å². The van der Waals surface area contributed by atoms with E-state index in [4.69, 9.17) is 16.7 Å². The van der Waals surface area contributed by atoms with Gasteiger partial charge in [0.2, 0.25) is 10.0 Å². The molecule has 1 N–H and O–H groups in total. The lowest BCUT2D eigenvalue weighted by Crippen LogP contribution is -2.39. The maximum absolute atomic E-state index is 13.0. The molecule has 1 aliphatic heterocycles. The largest absolute Gasteiger partial charge is 0.465 e. The number of sulfonamides is 1. The number of aryl methyl sites for hydroxylation is 1. The Morgan fingerprint density at radius 2 is 1.81 bits per heavy atom. The zero-order valence-electron chi connectivity index (χ0n) is 15.1. The lowest BCUT2D eigenvalue weighted by Gasteiger charge is -2.22. The molecule has 0 bridgehead atoms. The van der Waals surface area contributed by atoms with Crippen molar-refractivity contribution in [2.24, 2.45) is 0 Å². The molecule has 144 valence electrons. The Labute approximate surface area is 164 Å². The van der Waals surface area contributed by atoms with Gasteiger partial charge in [-0.2, -0.15) is 4.31 Å². The van der Waals surface area contributed by atoms with Gasteiger partial charge in [-0.3, -0.25) is 0 Å². The van der Waals surface area contributed by atoms with Gasteiger partial charge < -0.3 is 10.0 Å². The minimum absolute atomic E-state index is 0.170. The summed E-state index contributed by atoms with van der Waals surface area (Å²) in [5, 5.41) is 9.74. The van der Waals surface area contributed by atoms with E-state index in [1.165, 1.54) is 16.3 Å². The third-order valence-corrected chi connectivity index (χ3v) is 7.22. The van der Waals surface area contributed by atoms with Crippen molar-refractivity contribution in [1.82, 2.24) is 9.21 Å². The molecule has 8 heteroatoms. The van der Waals surface area contributed by atoms with Gasteiger partial charge >= 0.3 is 6.09 Å². The van der Waals surface area contributed by atoms with Crippen LogP contribution in [0.4, 0.5) is 4.79 Å². The Bertz CT molecular complexity index is 960. The fourth-order valence-electron chi connectivity index (χ4n) is 3.30. The summed E-state index contributed by atoms with van der Waals surface area (Å²) in [4.78, 5) is 12.5. The molecule has 2 aromatic rings. The monoisotopic (exact) mass is 408 g/mol. The summed E-state index contributed by atoms with van der Waals surface area (Å²) in [5.41, 5.74) is 2.52. The van der Waals surface area contributed by atoms with Crippen molar-refractivity contribution in [3.8, 4) is 11.1 Å². The maximum Gasteiger partial charge on any atom is 0.407 e. The summed E-state index contributed by atoms with van der Waals surface area (Å²) in [7, 11) is -2.21. The summed E-state index contributed by atoms with van der Waals surface area (Å²) >= 11 is 5.92. The van der Waals surface area contributed by atoms with Crippen LogP contribution in [0.5, 0.6) is 0 Å². The standard InChI is InChI=1S/C19H21ClN2O4S/c1-13-11-15(14-3-6-16(20)7-4-14)5-8-18(13)27(25,26)22-10-9-17(12-22)21(2)19(23)24/h3-8,11,17H,9-10,12H2,1-2H3,(H,23,24)/t17-/m1/s1. The number of hydrogen-bond donors (Lipinski definition) is 1. The van der Waals surface area contributed by atoms with Gasteiger partial charge in [-0.25, -0.2) is 13.2 Å². The van der Waals surface area contributed by atoms with Gasteiger partial charge in [0.25, 0.3) is 0 Å². The van der Waals surface area contributed by atoms with E-state index in [-0.39, 0.29) is 17.5 Å². The number of likely N-dealkylation sites (N-methyl/N-ethyl adjacent to an activating group) is 1. The first-order chi connectivity index (χ1) is 12.7. The molecule has 1 aliphatic rings. The van der Waals surface area contributed by atoms with Gasteiger partial charge in [-0.05, 0) is 48.2 Å². The third-order valence-electron chi connectivity index (χ3n) is 4.95. The summed E-state index contributed by atoms with van der Waals surface area (Å²) < 4.78 is 27.4. The second-order valence-electron chi connectivity index (χ2n) is 6.69. The second kappa shape index (κ2) is 7.50. The van der Waals surface area contributed by atoms with Crippen molar-refractivity contribution in [3.05, 3.63) is 53.1 Å². The third kappa shape index (κ3) is 3.95. The van der Waals surface area contributed by atoms with Gasteiger partial charge in [0.15, 0.2) is 0 Å². The maximum atomic E-state index is 13.0. The van der Waals surface area contributed by atoms with E-state index in [2.05, 4.69) is 0 Å². The van der Waals surface area contributed by atoms with Gasteiger partial charge in [0, 0.05) is 31.2 Å². The van der Waals surface area contributed by atoms with Crippen LogP contribution in [0.1, 0.15) is 12.0 Å². The first-order valence-corrected chi connectivity index (χ1v) is 10.3. The van der Waals surface area contributed by atoms with Crippen molar-refractivity contribution in [1.29, 1.82) is 0 Å². The average Bonchev–Trinajstić information content (AvgIpc) is 3.12. The van der Waals surface area contributed by atoms with Gasteiger partial charge in [0.05, 0.1) is 4.90 Å². The Hall–Kier alpha value is -2.09. The smallest absolute Gasteiger partial charge is 0.407 e. The Morgan fingerprint density at radius 1 is 1.19 bits per heavy atom. The molecule has 0 spiro atoms. The molecule has 1 fully saturated rings. The van der Waals surface area contributed by atoms with Crippen LogP contribution in [-0.4, -0.2) is 55.0 Å². The Morgan fingerprint density at radius 3 is 2.41 bits per heavy atom. The number of amides is 1. The van der Waals surface area contributed by atoms with Crippen molar-refractivity contribution in [3.63, 3.8) is 0 Å². The first-order valence-electron chi connectivity index (χ1n) is 8.52. The number of halogens is 1. The molecule has 1 amide bonds. The van der Waals surface area contributed by atoms with Gasteiger partial charge in [0.1, 0.15) is 0 Å². The topological polar surface area (TPSA) is 77.9 Å². The SMILES string of the molecule is Cc1cc(-c2ccc(Cl)cc2)ccc1S(=O)(=O)N1CC[C@@H](N(C)C(=O)O)C1. The van der Waals surface area contributed by atoms with Crippen LogP contribution in [0.3, 0.4) is 0 Å². The second-order valence-corrected chi connectivity index (χ2v) is 9.03. The predicted molar refractivity (Wildman–Crippen MR) is 105 cm³/mol. The summed E-state index contributed by atoms with van der Waals surface area (Å²) in [5.74, 6) is 0. The van der Waals surface area contributed by atoms with E-state index >= 15 is 0 Å². The molecular weight excluding hydrogens is 388 g/mol. The van der Waals surface area contributed by atoms with Crippen LogP contribution < -0.4 is 0 Å². The first kappa shape index (κ1) is 19.7. The highest BCUT2D eigenvalue weighted by atomic mass is 35.5. The molecule has 0 unspecified atom stereocenters. The van der Waals surface area contributed by atoms with Crippen molar-refractivity contribution >= 4 is 27.7 Å². The number of carboxylic acid groups (broad SMARTS) is 1. The van der Waals surface area contributed by atoms with Crippen LogP contribution >= 0.6 is 11.6 Å². The number of benzene rings is 2. The molecule has 1 atom stereocenters. The summed E-state index contributed by atoms with van der Waals surface area (Å²) in [6.07, 6.45) is -0.563. The minimum atomic E-state index is -3.67. The number of rotatable bonds is 4. The van der Waals surface area contributed by atoms with Gasteiger partial charge in [-0.15, -0.1) is 0 Å². The lowest BCUT2D eigenvalue weighted by atomic mass is 10.0. The zero-order chi connectivity index (χ0) is 19.8. The zero-order valence-corrected chi connectivity index (χ0v) is 16.7. The minimum Gasteiger partial charge on any atom is -0.465 e. The van der Waals surface area contributed by atoms with Crippen molar-refractivity contribution in [2.45, 2.75) is 24.3 Å². The van der Waals surface area contributed by atoms with E-state index in [1.807, 2.05) is 18.2 Å². The van der Waals surface area contributed by atoms with Crippen molar-refractivity contribution in [2.75, 3.05) is 20.1 Å². The van der Waals surface area contributed by atoms with E-state index < -0.39 is 16.1 Å². The molecular formula is C19H21ClN2O4S. The Balaban J connectivity index is 1.85. The molecule has 0 radical (unpaired) electrons. The molecule has 1 heterocycles. The normalized spacial score (nSPS) is 17.8. The van der Waals surface area contributed by atoms with Crippen LogP contribution in [-0.2, 0) is 10.0 Å².